The molecule has 1 atom stereocenters. The molecule has 2 rings (SSSR count). The van der Waals surface area contributed by atoms with E-state index in [4.69, 9.17) is 11.6 Å². The fraction of sp³-hybridized carbons (Fsp3) is 0.200. The molecule has 0 radical (unpaired) electrons. The molecule has 0 heterocycles. The molecule has 2 aromatic rings. The number of halogens is 2. The van der Waals surface area contributed by atoms with Gasteiger partial charge in [0.1, 0.15) is 5.82 Å². The van der Waals surface area contributed by atoms with E-state index in [1.54, 1.807) is 0 Å². The zero-order valence-corrected chi connectivity index (χ0v) is 10.8. The molecule has 94 valence electrons. The Bertz CT molecular complexity index is 554. The summed E-state index contributed by atoms with van der Waals surface area (Å²) >= 11 is 5.98. The summed E-state index contributed by atoms with van der Waals surface area (Å²) in [5.41, 5.74) is 2.51. The van der Waals surface area contributed by atoms with E-state index in [-0.39, 0.29) is 5.82 Å². The van der Waals surface area contributed by atoms with Crippen LogP contribution in [0.5, 0.6) is 0 Å². The number of hydrogen-bond donors (Lipinski definition) is 1. The maximum absolute atomic E-state index is 13.1. The quantitative estimate of drug-likeness (QED) is 0.886. The summed E-state index contributed by atoms with van der Waals surface area (Å²) in [4.78, 5) is 0. The van der Waals surface area contributed by atoms with Gasteiger partial charge in [0.05, 0.1) is 6.10 Å². The van der Waals surface area contributed by atoms with Gasteiger partial charge < -0.3 is 5.11 Å². The van der Waals surface area contributed by atoms with E-state index in [9.17, 15) is 9.50 Å². The summed E-state index contributed by atoms with van der Waals surface area (Å²) in [5, 5.41) is 10.6. The summed E-state index contributed by atoms with van der Waals surface area (Å²) < 4.78 is 13.1. The van der Waals surface area contributed by atoms with Crippen LogP contribution in [-0.2, 0) is 6.42 Å². The third kappa shape index (κ3) is 3.09. The van der Waals surface area contributed by atoms with Gasteiger partial charge in [-0.2, -0.15) is 0 Å². The smallest absolute Gasteiger partial charge is 0.123 e. The molecule has 0 aliphatic heterocycles. The largest absolute Gasteiger partial charge is 0.388 e. The van der Waals surface area contributed by atoms with Gasteiger partial charge in [0.2, 0.25) is 0 Å². The normalized spacial score (nSPS) is 12.4. The summed E-state index contributed by atoms with van der Waals surface area (Å²) in [6.07, 6.45) is -0.371. The van der Waals surface area contributed by atoms with Crippen molar-refractivity contribution in [2.45, 2.75) is 19.4 Å². The van der Waals surface area contributed by atoms with E-state index in [2.05, 4.69) is 0 Å². The third-order valence-corrected chi connectivity index (χ3v) is 3.22. The van der Waals surface area contributed by atoms with Crippen molar-refractivity contribution in [1.29, 1.82) is 0 Å². The molecule has 0 saturated heterocycles. The second-order valence-corrected chi connectivity index (χ2v) is 4.78. The van der Waals surface area contributed by atoms with Crippen molar-refractivity contribution in [2.24, 2.45) is 0 Å². The lowest BCUT2D eigenvalue weighted by Crippen LogP contribution is -2.03. The first kappa shape index (κ1) is 13.1. The zero-order chi connectivity index (χ0) is 13.1. The molecule has 18 heavy (non-hydrogen) atoms. The molecule has 1 nitrogen and oxygen atoms in total. The highest BCUT2D eigenvalue weighted by atomic mass is 35.5. The van der Waals surface area contributed by atoms with Crippen LogP contribution in [0.3, 0.4) is 0 Å². The number of aryl methyl sites for hydroxylation is 1. The molecule has 0 saturated carbocycles. The minimum Gasteiger partial charge on any atom is -0.388 e. The third-order valence-electron chi connectivity index (χ3n) is 2.85. The molecule has 0 spiro atoms. The molecule has 0 aliphatic carbocycles. The lowest BCUT2D eigenvalue weighted by molar-refractivity contribution is 0.178. The molecular formula is C15H14ClFO. The monoisotopic (exact) mass is 264 g/mol. The molecule has 0 bridgehead atoms. The highest BCUT2D eigenvalue weighted by Gasteiger charge is 2.11. The Morgan fingerprint density at radius 3 is 2.72 bits per heavy atom. The van der Waals surface area contributed by atoms with Gasteiger partial charge in [0.15, 0.2) is 0 Å². The van der Waals surface area contributed by atoms with E-state index < -0.39 is 6.10 Å². The van der Waals surface area contributed by atoms with Crippen LogP contribution < -0.4 is 0 Å². The Morgan fingerprint density at radius 1 is 1.22 bits per heavy atom. The van der Waals surface area contributed by atoms with E-state index in [0.29, 0.717) is 17.0 Å². The van der Waals surface area contributed by atoms with Crippen molar-refractivity contribution in [3.8, 4) is 0 Å². The van der Waals surface area contributed by atoms with Crippen LogP contribution in [0, 0.1) is 12.7 Å². The minimum absolute atomic E-state index is 0.306. The van der Waals surface area contributed by atoms with Crippen LogP contribution >= 0.6 is 11.6 Å². The molecule has 0 aliphatic rings. The van der Waals surface area contributed by atoms with Crippen LogP contribution in [0.1, 0.15) is 22.8 Å². The van der Waals surface area contributed by atoms with Gasteiger partial charge in [0.25, 0.3) is 0 Å². The van der Waals surface area contributed by atoms with Gasteiger partial charge in [-0.05, 0) is 36.2 Å². The fourth-order valence-corrected chi connectivity index (χ4v) is 2.10. The second-order valence-electron chi connectivity index (χ2n) is 4.37. The zero-order valence-electron chi connectivity index (χ0n) is 10.0. The van der Waals surface area contributed by atoms with Crippen molar-refractivity contribution >= 4 is 11.6 Å². The molecule has 2 aromatic carbocycles. The molecular weight excluding hydrogens is 251 g/mol. The Kier molecular flexibility index (Phi) is 4.00. The van der Waals surface area contributed by atoms with Gasteiger partial charge in [-0.25, -0.2) is 4.39 Å². The Hall–Kier alpha value is -1.38. The van der Waals surface area contributed by atoms with Crippen molar-refractivity contribution in [3.05, 3.63) is 70.0 Å². The fourth-order valence-electron chi connectivity index (χ4n) is 1.90. The van der Waals surface area contributed by atoms with Crippen LogP contribution in [0.25, 0.3) is 0 Å². The lowest BCUT2D eigenvalue weighted by Gasteiger charge is -2.13. The highest BCUT2D eigenvalue weighted by Crippen LogP contribution is 2.24. The van der Waals surface area contributed by atoms with E-state index >= 15 is 0 Å². The summed E-state index contributed by atoms with van der Waals surface area (Å²) in [6, 6.07) is 11.8. The summed E-state index contributed by atoms with van der Waals surface area (Å²) in [5.74, 6) is -0.342. The molecule has 0 aromatic heterocycles. The van der Waals surface area contributed by atoms with Crippen LogP contribution in [-0.4, -0.2) is 5.11 Å². The number of aliphatic hydroxyl groups excluding tert-OH is 1. The van der Waals surface area contributed by atoms with Crippen LogP contribution in [0.15, 0.2) is 42.5 Å². The Labute approximate surface area is 111 Å². The standard InChI is InChI=1S/C15H14ClFO/c1-10-3-2-4-11(7-10)15(18)9-12-8-13(17)5-6-14(12)16/h2-8,15,18H,9H2,1H3. The van der Waals surface area contributed by atoms with Gasteiger partial charge in [-0.3, -0.25) is 0 Å². The number of hydrogen-bond acceptors (Lipinski definition) is 1. The average molecular weight is 265 g/mol. The van der Waals surface area contributed by atoms with Gasteiger partial charge in [0, 0.05) is 11.4 Å². The minimum atomic E-state index is -0.677. The molecule has 3 heteroatoms. The Balaban J connectivity index is 2.21. The Morgan fingerprint density at radius 2 is 2.00 bits per heavy atom. The second kappa shape index (κ2) is 5.51. The van der Waals surface area contributed by atoms with Crippen molar-refractivity contribution in [2.75, 3.05) is 0 Å². The molecule has 0 fully saturated rings. The van der Waals surface area contributed by atoms with E-state index in [1.807, 2.05) is 31.2 Å². The predicted molar refractivity (Wildman–Crippen MR) is 71.3 cm³/mol. The van der Waals surface area contributed by atoms with Crippen molar-refractivity contribution < 1.29 is 9.50 Å². The first-order chi connectivity index (χ1) is 8.56. The predicted octanol–water partition coefficient (Wildman–Crippen LogP) is 4.06. The van der Waals surface area contributed by atoms with Crippen molar-refractivity contribution in [3.63, 3.8) is 0 Å². The van der Waals surface area contributed by atoms with Crippen LogP contribution in [0.2, 0.25) is 5.02 Å². The number of rotatable bonds is 3. The number of aliphatic hydroxyl groups is 1. The molecule has 1 unspecified atom stereocenters. The van der Waals surface area contributed by atoms with E-state index in [1.165, 1.54) is 18.2 Å². The maximum Gasteiger partial charge on any atom is 0.123 e. The summed E-state index contributed by atoms with van der Waals surface area (Å²) in [7, 11) is 0. The van der Waals surface area contributed by atoms with Gasteiger partial charge >= 0.3 is 0 Å². The van der Waals surface area contributed by atoms with Crippen molar-refractivity contribution in [1.82, 2.24) is 0 Å². The summed E-state index contributed by atoms with van der Waals surface area (Å²) in [6.45, 7) is 1.96. The first-order valence-electron chi connectivity index (χ1n) is 5.75. The average Bonchev–Trinajstić information content (AvgIpc) is 2.34. The van der Waals surface area contributed by atoms with E-state index in [0.717, 1.165) is 11.1 Å². The first-order valence-corrected chi connectivity index (χ1v) is 6.12. The van der Waals surface area contributed by atoms with Gasteiger partial charge in [-0.1, -0.05) is 41.4 Å². The molecule has 1 N–H and O–H groups in total. The topological polar surface area (TPSA) is 20.2 Å². The van der Waals surface area contributed by atoms with Gasteiger partial charge in [-0.15, -0.1) is 0 Å². The van der Waals surface area contributed by atoms with Crippen LogP contribution in [0.4, 0.5) is 4.39 Å². The highest BCUT2D eigenvalue weighted by molar-refractivity contribution is 6.31. The SMILES string of the molecule is Cc1cccc(C(O)Cc2cc(F)ccc2Cl)c1. The lowest BCUT2D eigenvalue weighted by atomic mass is 10.00. The maximum atomic E-state index is 13.1. The number of benzene rings is 2. The molecule has 0 amide bonds.